The van der Waals surface area contributed by atoms with Crippen LogP contribution in [0.15, 0.2) is 66.7 Å². The molecule has 1 aliphatic rings. The summed E-state index contributed by atoms with van der Waals surface area (Å²) in [6, 6.07) is 15.3. The van der Waals surface area contributed by atoms with Crippen molar-refractivity contribution in [2.24, 2.45) is 0 Å². The number of hydrogen-bond donors (Lipinski definition) is 1. The van der Waals surface area contributed by atoms with Crippen LogP contribution in [0.25, 0.3) is 0 Å². The molecular weight excluding hydrogens is 481 g/mol. The van der Waals surface area contributed by atoms with Crippen LogP contribution in [0.4, 0.5) is 20.6 Å². The summed E-state index contributed by atoms with van der Waals surface area (Å²) in [5.74, 6) is -0.0309. The van der Waals surface area contributed by atoms with Crippen molar-refractivity contribution in [3.8, 4) is 17.2 Å². The topological polar surface area (TPSA) is 97.4 Å². The second kappa shape index (κ2) is 11.0. The highest BCUT2D eigenvalue weighted by atomic mass is 19.1. The minimum absolute atomic E-state index is 0.0599. The van der Waals surface area contributed by atoms with Crippen molar-refractivity contribution in [1.29, 1.82) is 0 Å². The Balaban J connectivity index is 1.61. The van der Waals surface area contributed by atoms with Crippen molar-refractivity contribution >= 4 is 29.2 Å². The molecule has 3 aromatic carbocycles. The summed E-state index contributed by atoms with van der Waals surface area (Å²) in [7, 11) is 4.51. The number of amides is 4. The van der Waals surface area contributed by atoms with Gasteiger partial charge in [-0.05, 0) is 42.0 Å². The molecule has 0 aromatic heterocycles. The number of methoxy groups -OCH3 is 3. The number of imide groups is 1. The predicted octanol–water partition coefficient (Wildman–Crippen LogP) is 4.22. The van der Waals surface area contributed by atoms with E-state index in [1.54, 1.807) is 42.5 Å². The van der Waals surface area contributed by atoms with Gasteiger partial charge in [0, 0.05) is 30.4 Å². The van der Waals surface area contributed by atoms with Crippen LogP contribution in [-0.4, -0.2) is 50.1 Å². The van der Waals surface area contributed by atoms with E-state index in [0.717, 1.165) is 4.90 Å². The average Bonchev–Trinajstić information content (AvgIpc) is 3.12. The van der Waals surface area contributed by atoms with Gasteiger partial charge in [-0.1, -0.05) is 12.1 Å². The van der Waals surface area contributed by atoms with Crippen molar-refractivity contribution in [1.82, 2.24) is 4.90 Å². The Labute approximate surface area is 213 Å². The first kappa shape index (κ1) is 25.5. The Morgan fingerprint density at radius 2 is 1.54 bits per heavy atom. The van der Waals surface area contributed by atoms with Crippen LogP contribution in [0.5, 0.6) is 17.2 Å². The summed E-state index contributed by atoms with van der Waals surface area (Å²) in [5.41, 5.74) is 1.34. The molecule has 1 unspecified atom stereocenters. The number of urea groups is 1. The molecule has 0 bridgehead atoms. The average molecular weight is 508 g/mol. The molecule has 1 aliphatic heterocycles. The SMILES string of the molecule is COc1cccc(CN2C(=O)N(c3ccc(F)cc3)C(=O)C2CC(=O)Nc2cc(OC)cc(OC)c2)c1. The normalized spacial score (nSPS) is 15.1. The first-order chi connectivity index (χ1) is 17.8. The summed E-state index contributed by atoms with van der Waals surface area (Å²) < 4.78 is 29.2. The Morgan fingerprint density at radius 3 is 2.16 bits per heavy atom. The summed E-state index contributed by atoms with van der Waals surface area (Å²) in [4.78, 5) is 42.2. The largest absolute Gasteiger partial charge is 0.497 e. The molecule has 1 fully saturated rings. The number of halogens is 1. The lowest BCUT2D eigenvalue weighted by Crippen LogP contribution is -2.37. The third kappa shape index (κ3) is 5.64. The summed E-state index contributed by atoms with van der Waals surface area (Å²) in [6.07, 6.45) is -0.300. The highest BCUT2D eigenvalue weighted by molar-refractivity contribution is 6.22. The van der Waals surface area contributed by atoms with Gasteiger partial charge >= 0.3 is 6.03 Å². The number of carbonyl (C=O) groups excluding carboxylic acids is 3. The van der Waals surface area contributed by atoms with Gasteiger partial charge < -0.3 is 24.4 Å². The Hall–Kier alpha value is -4.60. The molecule has 1 N–H and O–H groups in total. The van der Waals surface area contributed by atoms with E-state index in [1.165, 1.54) is 50.5 Å². The second-order valence-electron chi connectivity index (χ2n) is 8.28. The molecule has 0 radical (unpaired) electrons. The first-order valence-corrected chi connectivity index (χ1v) is 11.4. The maximum Gasteiger partial charge on any atom is 0.332 e. The fraction of sp³-hybridized carbons (Fsp3) is 0.222. The lowest BCUT2D eigenvalue weighted by atomic mass is 10.1. The van der Waals surface area contributed by atoms with Gasteiger partial charge in [0.15, 0.2) is 0 Å². The Kier molecular flexibility index (Phi) is 7.57. The van der Waals surface area contributed by atoms with Crippen LogP contribution in [0.2, 0.25) is 0 Å². The fourth-order valence-electron chi connectivity index (χ4n) is 4.08. The quantitative estimate of drug-likeness (QED) is 0.436. The van der Waals surface area contributed by atoms with Crippen molar-refractivity contribution < 1.29 is 33.0 Å². The van der Waals surface area contributed by atoms with Gasteiger partial charge in [0.2, 0.25) is 5.91 Å². The van der Waals surface area contributed by atoms with Crippen LogP contribution in [0.3, 0.4) is 0 Å². The van der Waals surface area contributed by atoms with E-state index in [4.69, 9.17) is 14.2 Å². The van der Waals surface area contributed by atoms with Gasteiger partial charge in [0.25, 0.3) is 5.91 Å². The van der Waals surface area contributed by atoms with Gasteiger partial charge in [-0.2, -0.15) is 0 Å². The number of benzene rings is 3. The molecule has 0 aliphatic carbocycles. The number of nitrogens with one attached hydrogen (secondary N) is 1. The maximum absolute atomic E-state index is 13.5. The molecule has 37 heavy (non-hydrogen) atoms. The van der Waals surface area contributed by atoms with Crippen molar-refractivity contribution in [2.45, 2.75) is 19.0 Å². The number of anilines is 2. The van der Waals surface area contributed by atoms with Gasteiger partial charge in [-0.15, -0.1) is 0 Å². The summed E-state index contributed by atoms with van der Waals surface area (Å²) in [5, 5.41) is 2.74. The zero-order valence-corrected chi connectivity index (χ0v) is 20.6. The molecule has 0 spiro atoms. The molecule has 9 nitrogen and oxygen atoms in total. The van der Waals surface area contributed by atoms with Gasteiger partial charge in [-0.25, -0.2) is 14.1 Å². The third-order valence-electron chi connectivity index (χ3n) is 5.90. The van der Waals surface area contributed by atoms with Gasteiger partial charge in [0.05, 0.1) is 33.4 Å². The monoisotopic (exact) mass is 507 g/mol. The molecule has 1 atom stereocenters. The Bertz CT molecular complexity index is 1290. The number of rotatable bonds is 9. The van der Waals surface area contributed by atoms with Crippen LogP contribution >= 0.6 is 0 Å². The van der Waals surface area contributed by atoms with E-state index < -0.39 is 29.7 Å². The molecule has 0 saturated carbocycles. The van der Waals surface area contributed by atoms with Gasteiger partial charge in [-0.3, -0.25) is 9.59 Å². The smallest absolute Gasteiger partial charge is 0.332 e. The lowest BCUT2D eigenvalue weighted by molar-refractivity contribution is -0.124. The van der Waals surface area contributed by atoms with E-state index in [2.05, 4.69) is 5.32 Å². The standard InChI is InChI=1S/C27H26FN3O6/c1-35-21-6-4-5-17(11-21)16-30-24(26(33)31(27(30)34)20-9-7-18(28)8-10-20)15-25(32)29-19-12-22(36-2)14-23(13-19)37-3/h4-14,24H,15-16H2,1-3H3,(H,29,32). The fourth-order valence-corrected chi connectivity index (χ4v) is 4.08. The molecule has 4 amide bonds. The van der Waals surface area contributed by atoms with Crippen molar-refractivity contribution in [3.05, 3.63) is 78.1 Å². The molecule has 3 aromatic rings. The highest BCUT2D eigenvalue weighted by Gasteiger charge is 2.46. The third-order valence-corrected chi connectivity index (χ3v) is 5.90. The van der Waals surface area contributed by atoms with E-state index in [-0.39, 0.29) is 18.7 Å². The molecular formula is C27H26FN3O6. The second-order valence-corrected chi connectivity index (χ2v) is 8.28. The van der Waals surface area contributed by atoms with Crippen LogP contribution < -0.4 is 24.4 Å². The van der Waals surface area contributed by atoms with E-state index in [0.29, 0.717) is 28.5 Å². The highest BCUT2D eigenvalue weighted by Crippen LogP contribution is 2.30. The van der Waals surface area contributed by atoms with Crippen LogP contribution in [-0.2, 0) is 16.1 Å². The maximum atomic E-state index is 13.5. The Morgan fingerprint density at radius 1 is 0.892 bits per heavy atom. The number of nitrogens with zero attached hydrogens (tertiary/aromatic N) is 2. The van der Waals surface area contributed by atoms with Crippen molar-refractivity contribution in [3.63, 3.8) is 0 Å². The zero-order chi connectivity index (χ0) is 26.5. The number of carbonyl (C=O) groups is 3. The van der Waals surface area contributed by atoms with E-state index in [1.807, 2.05) is 0 Å². The molecule has 10 heteroatoms. The lowest BCUT2D eigenvalue weighted by Gasteiger charge is -2.22. The first-order valence-electron chi connectivity index (χ1n) is 11.4. The molecule has 4 rings (SSSR count). The predicted molar refractivity (Wildman–Crippen MR) is 134 cm³/mol. The number of hydrogen-bond acceptors (Lipinski definition) is 6. The van der Waals surface area contributed by atoms with Crippen LogP contribution in [0, 0.1) is 5.82 Å². The molecule has 1 saturated heterocycles. The minimum atomic E-state index is -1.09. The molecule has 192 valence electrons. The summed E-state index contributed by atoms with van der Waals surface area (Å²) >= 11 is 0. The number of ether oxygens (including phenoxy) is 3. The zero-order valence-electron chi connectivity index (χ0n) is 20.6. The van der Waals surface area contributed by atoms with Gasteiger partial charge in [0.1, 0.15) is 29.1 Å². The van der Waals surface area contributed by atoms with Crippen molar-refractivity contribution in [2.75, 3.05) is 31.5 Å². The molecule has 1 heterocycles. The van der Waals surface area contributed by atoms with Crippen LogP contribution in [0.1, 0.15) is 12.0 Å². The van der Waals surface area contributed by atoms with E-state index in [9.17, 15) is 18.8 Å². The minimum Gasteiger partial charge on any atom is -0.497 e. The van der Waals surface area contributed by atoms with E-state index >= 15 is 0 Å². The summed E-state index contributed by atoms with van der Waals surface area (Å²) in [6.45, 7) is 0.0599.